The zero-order valence-electron chi connectivity index (χ0n) is 13.3. The summed E-state index contributed by atoms with van der Waals surface area (Å²) in [7, 11) is 1.54. The second-order valence-electron chi connectivity index (χ2n) is 5.71. The quantitative estimate of drug-likeness (QED) is 0.775. The molecule has 0 N–H and O–H groups in total. The Morgan fingerprint density at radius 3 is 2.22 bits per heavy atom. The monoisotopic (exact) mass is 329 g/mol. The standard InChI is InChI=1S/C16H18F3NO3/c1-15(2,3)23-14(21)20(4)11-5-6-12-7-9-13(10-8-12)22-16(17,18)19/h7-10H,11H2,1-4H3. The van der Waals surface area contributed by atoms with Gasteiger partial charge in [0.15, 0.2) is 0 Å². The van der Waals surface area contributed by atoms with E-state index in [4.69, 9.17) is 4.74 Å². The Morgan fingerprint density at radius 2 is 1.74 bits per heavy atom. The molecule has 4 nitrogen and oxygen atoms in total. The van der Waals surface area contributed by atoms with Gasteiger partial charge in [0.05, 0.1) is 6.54 Å². The number of benzene rings is 1. The van der Waals surface area contributed by atoms with Crippen LogP contribution in [0.4, 0.5) is 18.0 Å². The minimum absolute atomic E-state index is 0.135. The van der Waals surface area contributed by atoms with Gasteiger partial charge in [-0.1, -0.05) is 11.8 Å². The van der Waals surface area contributed by atoms with Gasteiger partial charge in [-0.15, -0.1) is 13.2 Å². The van der Waals surface area contributed by atoms with Crippen LogP contribution in [0.3, 0.4) is 0 Å². The summed E-state index contributed by atoms with van der Waals surface area (Å²) in [5.41, 5.74) is -0.0790. The van der Waals surface area contributed by atoms with E-state index in [0.29, 0.717) is 5.56 Å². The topological polar surface area (TPSA) is 38.8 Å². The minimum Gasteiger partial charge on any atom is -0.444 e. The van der Waals surface area contributed by atoms with Crippen LogP contribution in [-0.2, 0) is 4.74 Å². The Kier molecular flexibility index (Phi) is 5.91. The molecule has 1 rings (SSSR count). The molecule has 23 heavy (non-hydrogen) atoms. The van der Waals surface area contributed by atoms with Crippen LogP contribution in [0.25, 0.3) is 0 Å². The first-order chi connectivity index (χ1) is 10.5. The Hall–Kier alpha value is -2.36. The van der Waals surface area contributed by atoms with Crippen LogP contribution in [0.5, 0.6) is 5.75 Å². The van der Waals surface area contributed by atoms with E-state index < -0.39 is 18.1 Å². The van der Waals surface area contributed by atoms with E-state index in [1.807, 2.05) is 0 Å². The normalized spacial score (nSPS) is 11.3. The Bertz CT molecular complexity index is 592. The number of hydrogen-bond donors (Lipinski definition) is 0. The molecule has 0 aromatic heterocycles. The van der Waals surface area contributed by atoms with Crippen molar-refractivity contribution in [2.24, 2.45) is 0 Å². The molecule has 0 unspecified atom stereocenters. The van der Waals surface area contributed by atoms with Gasteiger partial charge in [0, 0.05) is 12.6 Å². The summed E-state index contributed by atoms with van der Waals surface area (Å²) in [6.07, 6.45) is -5.22. The lowest BCUT2D eigenvalue weighted by atomic mass is 10.2. The highest BCUT2D eigenvalue weighted by atomic mass is 19.4. The molecule has 0 aliphatic heterocycles. The molecule has 7 heteroatoms. The highest BCUT2D eigenvalue weighted by Gasteiger charge is 2.30. The predicted octanol–water partition coefficient (Wildman–Crippen LogP) is 3.80. The fraction of sp³-hybridized carbons (Fsp3) is 0.438. The second kappa shape index (κ2) is 7.27. The lowest BCUT2D eigenvalue weighted by Crippen LogP contribution is -2.34. The molecule has 0 saturated carbocycles. The smallest absolute Gasteiger partial charge is 0.444 e. The van der Waals surface area contributed by atoms with Crippen LogP contribution in [0.15, 0.2) is 24.3 Å². The first-order valence-corrected chi connectivity index (χ1v) is 6.75. The van der Waals surface area contributed by atoms with Gasteiger partial charge in [-0.25, -0.2) is 4.79 Å². The van der Waals surface area contributed by atoms with Crippen molar-refractivity contribution in [2.75, 3.05) is 13.6 Å². The van der Waals surface area contributed by atoms with E-state index in [1.165, 1.54) is 29.2 Å². The summed E-state index contributed by atoms with van der Waals surface area (Å²) >= 11 is 0. The van der Waals surface area contributed by atoms with Crippen molar-refractivity contribution in [2.45, 2.75) is 32.7 Å². The Morgan fingerprint density at radius 1 is 1.17 bits per heavy atom. The third-order valence-electron chi connectivity index (χ3n) is 2.34. The van der Waals surface area contributed by atoms with Gasteiger partial charge in [-0.2, -0.15) is 0 Å². The van der Waals surface area contributed by atoms with Crippen LogP contribution >= 0.6 is 0 Å². The van der Waals surface area contributed by atoms with Gasteiger partial charge in [-0.3, -0.25) is 0 Å². The van der Waals surface area contributed by atoms with E-state index in [2.05, 4.69) is 16.6 Å². The molecule has 0 bridgehead atoms. The molecule has 0 saturated heterocycles. The fourth-order valence-corrected chi connectivity index (χ4v) is 1.40. The zero-order valence-corrected chi connectivity index (χ0v) is 13.3. The van der Waals surface area contributed by atoms with Gasteiger partial charge < -0.3 is 14.4 Å². The molecule has 0 fully saturated rings. The summed E-state index contributed by atoms with van der Waals surface area (Å²) in [6.45, 7) is 5.41. The van der Waals surface area contributed by atoms with Gasteiger partial charge in [-0.05, 0) is 45.0 Å². The van der Waals surface area contributed by atoms with Gasteiger partial charge in [0.2, 0.25) is 0 Å². The third-order valence-corrected chi connectivity index (χ3v) is 2.34. The van der Waals surface area contributed by atoms with Crippen LogP contribution in [-0.4, -0.2) is 36.5 Å². The third kappa shape index (κ3) is 8.00. The molecule has 0 radical (unpaired) electrons. The first-order valence-electron chi connectivity index (χ1n) is 6.75. The maximum absolute atomic E-state index is 12.0. The number of alkyl halides is 3. The molecule has 0 aliphatic carbocycles. The average Bonchev–Trinajstić information content (AvgIpc) is 2.37. The van der Waals surface area contributed by atoms with E-state index >= 15 is 0 Å². The molecular formula is C16H18F3NO3. The van der Waals surface area contributed by atoms with E-state index in [-0.39, 0.29) is 12.3 Å². The summed E-state index contributed by atoms with van der Waals surface area (Å²) in [6, 6.07) is 5.16. The first kappa shape index (κ1) is 18.7. The molecule has 0 aliphatic rings. The van der Waals surface area contributed by atoms with E-state index in [9.17, 15) is 18.0 Å². The lowest BCUT2D eigenvalue weighted by molar-refractivity contribution is -0.274. The van der Waals surface area contributed by atoms with Crippen LogP contribution < -0.4 is 4.74 Å². The molecule has 1 aromatic carbocycles. The van der Waals surface area contributed by atoms with E-state index in [0.717, 1.165) is 0 Å². The van der Waals surface area contributed by atoms with Crippen molar-refractivity contribution in [3.05, 3.63) is 29.8 Å². The van der Waals surface area contributed by atoms with Crippen LogP contribution in [0.2, 0.25) is 0 Å². The maximum atomic E-state index is 12.0. The molecule has 1 amide bonds. The number of hydrogen-bond acceptors (Lipinski definition) is 3. The zero-order chi connectivity index (χ0) is 17.7. The van der Waals surface area contributed by atoms with Gasteiger partial charge in [0.25, 0.3) is 0 Å². The summed E-state index contributed by atoms with van der Waals surface area (Å²) < 4.78 is 45.0. The lowest BCUT2D eigenvalue weighted by Gasteiger charge is -2.23. The highest BCUT2D eigenvalue weighted by molar-refractivity contribution is 5.68. The van der Waals surface area contributed by atoms with Crippen molar-refractivity contribution >= 4 is 6.09 Å². The SMILES string of the molecule is CN(CC#Cc1ccc(OC(F)(F)F)cc1)C(=O)OC(C)(C)C. The van der Waals surface area contributed by atoms with Crippen molar-refractivity contribution in [3.8, 4) is 17.6 Å². The van der Waals surface area contributed by atoms with Crippen molar-refractivity contribution < 1.29 is 27.4 Å². The molecular weight excluding hydrogens is 311 g/mol. The number of amides is 1. The van der Waals surface area contributed by atoms with Crippen molar-refractivity contribution in [3.63, 3.8) is 0 Å². The Labute approximate surface area is 133 Å². The molecule has 1 aromatic rings. The molecule has 0 spiro atoms. The van der Waals surface area contributed by atoms with Crippen molar-refractivity contribution in [1.29, 1.82) is 0 Å². The molecule has 0 heterocycles. The van der Waals surface area contributed by atoms with Crippen LogP contribution in [0.1, 0.15) is 26.3 Å². The largest absolute Gasteiger partial charge is 0.573 e. The fourth-order valence-electron chi connectivity index (χ4n) is 1.40. The number of carbonyl (C=O) groups excluding carboxylic acids is 1. The summed E-state index contributed by atoms with van der Waals surface area (Å²) in [4.78, 5) is 13.0. The number of rotatable bonds is 2. The number of halogens is 3. The predicted molar refractivity (Wildman–Crippen MR) is 78.9 cm³/mol. The number of nitrogens with zero attached hydrogens (tertiary/aromatic N) is 1. The highest BCUT2D eigenvalue weighted by Crippen LogP contribution is 2.22. The minimum atomic E-state index is -4.72. The van der Waals surface area contributed by atoms with Gasteiger partial charge in [0.1, 0.15) is 11.4 Å². The van der Waals surface area contributed by atoms with E-state index in [1.54, 1.807) is 27.8 Å². The summed E-state index contributed by atoms with van der Waals surface area (Å²) in [5.74, 6) is 5.18. The summed E-state index contributed by atoms with van der Waals surface area (Å²) in [5, 5.41) is 0. The molecule has 126 valence electrons. The van der Waals surface area contributed by atoms with Gasteiger partial charge >= 0.3 is 12.5 Å². The average molecular weight is 329 g/mol. The maximum Gasteiger partial charge on any atom is 0.573 e. The molecule has 0 atom stereocenters. The second-order valence-corrected chi connectivity index (χ2v) is 5.71. The number of ether oxygens (including phenoxy) is 2. The Balaban J connectivity index is 2.58. The van der Waals surface area contributed by atoms with Crippen molar-refractivity contribution in [1.82, 2.24) is 4.90 Å². The van der Waals surface area contributed by atoms with Crippen LogP contribution in [0, 0.1) is 11.8 Å². The number of carbonyl (C=O) groups is 1.